The maximum Gasteiger partial charge on any atom is 0.268 e. The molecule has 0 aliphatic heterocycles. The summed E-state index contributed by atoms with van der Waals surface area (Å²) in [7, 11) is -3.87. The van der Waals surface area contributed by atoms with Crippen molar-refractivity contribution in [3.05, 3.63) is 84.1 Å². The zero-order valence-corrected chi connectivity index (χ0v) is 20.7. The maximum absolute atomic E-state index is 13.2. The lowest BCUT2D eigenvalue weighted by Crippen LogP contribution is -2.27. The number of aromatic amines is 1. The van der Waals surface area contributed by atoms with Gasteiger partial charge in [-0.1, -0.05) is 63.2 Å². The van der Waals surface area contributed by atoms with E-state index in [-0.39, 0.29) is 29.4 Å². The van der Waals surface area contributed by atoms with E-state index in [9.17, 15) is 13.2 Å². The summed E-state index contributed by atoms with van der Waals surface area (Å²) in [5.41, 5.74) is 3.85. The van der Waals surface area contributed by atoms with Crippen LogP contribution in [0, 0.1) is 0 Å². The van der Waals surface area contributed by atoms with Gasteiger partial charge < -0.3 is 15.4 Å². The second-order valence-corrected chi connectivity index (χ2v) is 11.0. The third kappa shape index (κ3) is 5.23. The van der Waals surface area contributed by atoms with Crippen LogP contribution in [-0.2, 0) is 15.4 Å². The summed E-state index contributed by atoms with van der Waals surface area (Å²) < 4.78 is 29.1. The van der Waals surface area contributed by atoms with Gasteiger partial charge in [0.15, 0.2) is 0 Å². The summed E-state index contributed by atoms with van der Waals surface area (Å²) in [6.07, 6.45) is 0. The first-order valence-corrected chi connectivity index (χ1v) is 12.8. The predicted molar refractivity (Wildman–Crippen MR) is 139 cm³/mol. The van der Waals surface area contributed by atoms with Gasteiger partial charge >= 0.3 is 0 Å². The summed E-state index contributed by atoms with van der Waals surface area (Å²) in [4.78, 5) is 16.0. The van der Waals surface area contributed by atoms with E-state index in [0.29, 0.717) is 27.8 Å². The SMILES string of the molecule is CC(C)(C)c1ccc(NS(=O)(=O)c2ccc3[nH]c(C(=O)NCCO)c(-c4ccccc4)c3c2)cc1. The molecule has 4 N–H and O–H groups in total. The lowest BCUT2D eigenvalue weighted by Gasteiger charge is -2.19. The molecule has 4 rings (SSSR count). The molecule has 0 bridgehead atoms. The van der Waals surface area contributed by atoms with Crippen LogP contribution < -0.4 is 10.0 Å². The van der Waals surface area contributed by atoms with Gasteiger partial charge in [-0.05, 0) is 46.9 Å². The molecule has 0 saturated heterocycles. The highest BCUT2D eigenvalue weighted by Crippen LogP contribution is 2.34. The maximum atomic E-state index is 13.2. The molecule has 35 heavy (non-hydrogen) atoms. The number of sulfonamides is 1. The highest BCUT2D eigenvalue weighted by molar-refractivity contribution is 7.92. The summed E-state index contributed by atoms with van der Waals surface area (Å²) in [6.45, 7) is 6.22. The number of fused-ring (bicyclic) bond motifs is 1. The Hall–Kier alpha value is -3.62. The van der Waals surface area contributed by atoms with Crippen LogP contribution >= 0.6 is 0 Å². The highest BCUT2D eigenvalue weighted by atomic mass is 32.2. The quantitative estimate of drug-likeness (QED) is 0.301. The molecule has 182 valence electrons. The Kier molecular flexibility index (Phi) is 6.69. The third-order valence-corrected chi connectivity index (χ3v) is 7.15. The lowest BCUT2D eigenvalue weighted by atomic mass is 9.87. The summed E-state index contributed by atoms with van der Waals surface area (Å²) >= 11 is 0. The minimum Gasteiger partial charge on any atom is -0.395 e. The van der Waals surface area contributed by atoms with E-state index in [0.717, 1.165) is 11.1 Å². The van der Waals surface area contributed by atoms with E-state index in [1.807, 2.05) is 42.5 Å². The number of rotatable bonds is 7. The van der Waals surface area contributed by atoms with Crippen LogP contribution in [0.3, 0.4) is 0 Å². The number of carbonyl (C=O) groups is 1. The van der Waals surface area contributed by atoms with Crippen molar-refractivity contribution in [1.29, 1.82) is 0 Å². The number of hydrogen-bond acceptors (Lipinski definition) is 4. The standard InChI is InChI=1S/C27H29N3O4S/c1-27(2,3)19-9-11-20(12-10-19)30-35(33,34)21-13-14-23-22(17-21)24(18-7-5-4-6-8-18)25(29-23)26(32)28-15-16-31/h4-14,17,29-31H,15-16H2,1-3H3,(H,28,32). The molecule has 0 aliphatic carbocycles. The molecule has 0 fully saturated rings. The van der Waals surface area contributed by atoms with Crippen molar-refractivity contribution in [1.82, 2.24) is 10.3 Å². The summed E-state index contributed by atoms with van der Waals surface area (Å²) in [6, 6.07) is 21.4. The molecule has 1 aromatic heterocycles. The number of anilines is 1. The number of aliphatic hydroxyl groups excluding tert-OH is 1. The van der Waals surface area contributed by atoms with E-state index in [1.54, 1.807) is 24.3 Å². The predicted octanol–water partition coefficient (Wildman–Crippen LogP) is 4.66. The van der Waals surface area contributed by atoms with E-state index in [2.05, 4.69) is 35.8 Å². The minimum atomic E-state index is -3.87. The Morgan fingerprint density at radius 1 is 0.971 bits per heavy atom. The van der Waals surface area contributed by atoms with Gasteiger partial charge in [-0.3, -0.25) is 9.52 Å². The van der Waals surface area contributed by atoms with Crippen LogP contribution in [0.2, 0.25) is 0 Å². The number of benzene rings is 3. The van der Waals surface area contributed by atoms with Crippen LogP contribution in [0.25, 0.3) is 22.0 Å². The molecule has 8 heteroatoms. The van der Waals surface area contributed by atoms with E-state index in [4.69, 9.17) is 5.11 Å². The van der Waals surface area contributed by atoms with E-state index < -0.39 is 10.0 Å². The molecular formula is C27H29N3O4S. The largest absolute Gasteiger partial charge is 0.395 e. The molecular weight excluding hydrogens is 462 g/mol. The van der Waals surface area contributed by atoms with Gasteiger partial charge in [0.05, 0.1) is 11.5 Å². The van der Waals surface area contributed by atoms with Gasteiger partial charge in [0.2, 0.25) is 0 Å². The molecule has 1 amide bonds. The number of H-pyrrole nitrogens is 1. The molecule has 1 heterocycles. The second-order valence-electron chi connectivity index (χ2n) is 9.36. The topological polar surface area (TPSA) is 111 Å². The second kappa shape index (κ2) is 9.56. The van der Waals surface area contributed by atoms with Crippen molar-refractivity contribution in [2.24, 2.45) is 0 Å². The molecule has 0 atom stereocenters. The van der Waals surface area contributed by atoms with Crippen molar-refractivity contribution in [2.75, 3.05) is 17.9 Å². The van der Waals surface area contributed by atoms with Gasteiger partial charge in [0.25, 0.3) is 15.9 Å². The average Bonchev–Trinajstić information content (AvgIpc) is 3.21. The first kappa shape index (κ1) is 24.5. The summed E-state index contributed by atoms with van der Waals surface area (Å²) in [5, 5.41) is 12.4. The number of aliphatic hydroxyl groups is 1. The Bertz CT molecular complexity index is 1450. The highest BCUT2D eigenvalue weighted by Gasteiger charge is 2.22. The number of aromatic nitrogens is 1. The average molecular weight is 492 g/mol. The Morgan fingerprint density at radius 3 is 2.29 bits per heavy atom. The lowest BCUT2D eigenvalue weighted by molar-refractivity contribution is 0.0941. The molecule has 0 aliphatic rings. The number of amides is 1. The van der Waals surface area contributed by atoms with Crippen LogP contribution in [0.4, 0.5) is 5.69 Å². The van der Waals surface area contributed by atoms with Crippen molar-refractivity contribution in [2.45, 2.75) is 31.1 Å². The van der Waals surface area contributed by atoms with Crippen molar-refractivity contribution in [3.63, 3.8) is 0 Å². The Balaban J connectivity index is 1.76. The fourth-order valence-electron chi connectivity index (χ4n) is 3.92. The van der Waals surface area contributed by atoms with Crippen LogP contribution in [-0.4, -0.2) is 37.6 Å². The van der Waals surface area contributed by atoms with Crippen LogP contribution in [0.1, 0.15) is 36.8 Å². The molecule has 4 aromatic rings. The van der Waals surface area contributed by atoms with Crippen LogP contribution in [0.15, 0.2) is 77.7 Å². The molecule has 0 spiro atoms. The molecule has 0 radical (unpaired) electrons. The number of hydrogen-bond donors (Lipinski definition) is 4. The third-order valence-electron chi connectivity index (χ3n) is 5.77. The molecule has 0 saturated carbocycles. The van der Waals surface area contributed by atoms with Gasteiger partial charge in [0.1, 0.15) is 5.69 Å². The van der Waals surface area contributed by atoms with Gasteiger partial charge in [-0.2, -0.15) is 0 Å². The first-order valence-electron chi connectivity index (χ1n) is 11.3. The number of nitrogens with one attached hydrogen (secondary N) is 3. The van der Waals surface area contributed by atoms with Crippen molar-refractivity contribution >= 4 is 32.5 Å². The van der Waals surface area contributed by atoms with Gasteiger partial charge in [0, 0.05) is 28.7 Å². The summed E-state index contributed by atoms with van der Waals surface area (Å²) in [5.74, 6) is -0.379. The van der Waals surface area contributed by atoms with E-state index in [1.165, 1.54) is 6.07 Å². The molecule has 0 unspecified atom stereocenters. The first-order chi connectivity index (χ1) is 16.6. The molecule has 7 nitrogen and oxygen atoms in total. The fraction of sp³-hybridized carbons (Fsp3) is 0.222. The monoisotopic (exact) mass is 491 g/mol. The van der Waals surface area contributed by atoms with Gasteiger partial charge in [-0.25, -0.2) is 8.42 Å². The normalized spacial score (nSPS) is 12.0. The van der Waals surface area contributed by atoms with Crippen molar-refractivity contribution in [3.8, 4) is 11.1 Å². The smallest absolute Gasteiger partial charge is 0.268 e. The molecule has 3 aromatic carbocycles. The Morgan fingerprint density at radius 2 is 1.66 bits per heavy atom. The van der Waals surface area contributed by atoms with Crippen LogP contribution in [0.5, 0.6) is 0 Å². The van der Waals surface area contributed by atoms with Crippen molar-refractivity contribution < 1.29 is 18.3 Å². The zero-order valence-electron chi connectivity index (χ0n) is 19.9. The van der Waals surface area contributed by atoms with Gasteiger partial charge in [-0.15, -0.1) is 0 Å². The fourth-order valence-corrected chi connectivity index (χ4v) is 5.01. The number of carbonyl (C=O) groups excluding carboxylic acids is 1. The minimum absolute atomic E-state index is 0.0360. The van der Waals surface area contributed by atoms with E-state index >= 15 is 0 Å². The zero-order chi connectivity index (χ0) is 25.2. The Labute approximate surface area is 205 Å².